The smallest absolute Gasteiger partial charge is 0.316 e. The zero-order valence-corrected chi connectivity index (χ0v) is 18.6. The second-order valence-electron chi connectivity index (χ2n) is 6.87. The first-order chi connectivity index (χ1) is 15.8. The molecule has 2 heterocycles. The molecule has 5 aromatic rings. The van der Waals surface area contributed by atoms with Gasteiger partial charge < -0.3 is 4.74 Å². The molecule has 8 heteroatoms. The maximum atomic E-state index is 12.4. The Hall–Kier alpha value is -3.49. The van der Waals surface area contributed by atoms with Crippen LogP contribution < -0.4 is 0 Å². The van der Waals surface area contributed by atoms with Crippen LogP contribution in [0.15, 0.2) is 90.1 Å². The molecule has 0 saturated heterocycles. The molecular weight excluding hydrogens is 440 g/mol. The van der Waals surface area contributed by atoms with Gasteiger partial charge in [-0.15, -0.1) is 21.5 Å². The first-order valence-corrected chi connectivity index (χ1v) is 11.8. The van der Waals surface area contributed by atoms with Crippen molar-refractivity contribution in [2.45, 2.75) is 11.8 Å². The highest BCUT2D eigenvalue weighted by Crippen LogP contribution is 2.28. The first-order valence-electron chi connectivity index (χ1n) is 9.97. The molecule has 158 valence electrons. The highest BCUT2D eigenvalue weighted by Gasteiger charge is 2.17. The lowest BCUT2D eigenvalue weighted by Gasteiger charge is -2.10. The zero-order valence-electron chi connectivity index (χ0n) is 16.9. The SMILES string of the molecule is O=C(CSc1nnc(-c2ccccc2)n1-c1ccccc1)OCc1nc2ccccc2s1. The molecule has 0 aliphatic rings. The van der Waals surface area contributed by atoms with Crippen molar-refractivity contribution in [3.8, 4) is 17.1 Å². The molecule has 0 fully saturated rings. The third kappa shape index (κ3) is 4.42. The van der Waals surface area contributed by atoms with E-state index in [1.807, 2.05) is 89.5 Å². The summed E-state index contributed by atoms with van der Waals surface area (Å²) < 4.78 is 8.49. The van der Waals surface area contributed by atoms with Gasteiger partial charge in [-0.25, -0.2) is 4.98 Å². The van der Waals surface area contributed by atoms with Crippen LogP contribution in [-0.4, -0.2) is 31.5 Å². The van der Waals surface area contributed by atoms with Crippen LogP contribution >= 0.6 is 23.1 Å². The van der Waals surface area contributed by atoms with E-state index in [-0.39, 0.29) is 18.3 Å². The summed E-state index contributed by atoms with van der Waals surface area (Å²) in [6, 6.07) is 27.6. The van der Waals surface area contributed by atoms with E-state index in [9.17, 15) is 4.79 Å². The summed E-state index contributed by atoms with van der Waals surface area (Å²) in [7, 11) is 0. The number of benzene rings is 3. The quantitative estimate of drug-likeness (QED) is 0.241. The van der Waals surface area contributed by atoms with Gasteiger partial charge in [0.1, 0.15) is 11.6 Å². The van der Waals surface area contributed by atoms with E-state index in [2.05, 4.69) is 15.2 Å². The molecule has 5 rings (SSSR count). The summed E-state index contributed by atoms with van der Waals surface area (Å²) in [6.45, 7) is 0.166. The van der Waals surface area contributed by atoms with Gasteiger partial charge in [-0.3, -0.25) is 9.36 Å². The molecule has 0 atom stereocenters. The monoisotopic (exact) mass is 458 g/mol. The van der Waals surface area contributed by atoms with Crippen LogP contribution in [0.3, 0.4) is 0 Å². The summed E-state index contributed by atoms with van der Waals surface area (Å²) in [4.78, 5) is 16.9. The average molecular weight is 459 g/mol. The van der Waals surface area contributed by atoms with Crippen molar-refractivity contribution in [1.82, 2.24) is 19.7 Å². The van der Waals surface area contributed by atoms with E-state index >= 15 is 0 Å². The Kier molecular flexibility index (Phi) is 5.96. The second kappa shape index (κ2) is 9.33. The number of hydrogen-bond acceptors (Lipinski definition) is 7. The minimum Gasteiger partial charge on any atom is -0.458 e. The van der Waals surface area contributed by atoms with Gasteiger partial charge in [0, 0.05) is 11.3 Å². The van der Waals surface area contributed by atoms with Crippen LogP contribution in [0.2, 0.25) is 0 Å². The predicted octanol–water partition coefficient (Wildman–Crippen LogP) is 5.38. The lowest BCUT2D eigenvalue weighted by molar-refractivity contribution is -0.141. The minimum atomic E-state index is -0.321. The van der Waals surface area contributed by atoms with Crippen molar-refractivity contribution in [1.29, 1.82) is 0 Å². The fourth-order valence-electron chi connectivity index (χ4n) is 3.24. The number of carbonyl (C=O) groups excluding carboxylic acids is 1. The Morgan fingerprint density at radius 3 is 2.41 bits per heavy atom. The van der Waals surface area contributed by atoms with Gasteiger partial charge in [0.05, 0.1) is 16.0 Å². The predicted molar refractivity (Wildman–Crippen MR) is 127 cm³/mol. The van der Waals surface area contributed by atoms with Gasteiger partial charge in [-0.2, -0.15) is 0 Å². The summed E-state index contributed by atoms with van der Waals surface area (Å²) in [6.07, 6.45) is 0. The van der Waals surface area contributed by atoms with Crippen molar-refractivity contribution < 1.29 is 9.53 Å². The molecule has 3 aromatic carbocycles. The fourth-order valence-corrected chi connectivity index (χ4v) is 4.87. The number of para-hydroxylation sites is 2. The molecule has 0 aliphatic heterocycles. The van der Waals surface area contributed by atoms with Crippen molar-refractivity contribution in [2.24, 2.45) is 0 Å². The number of thioether (sulfide) groups is 1. The Balaban J connectivity index is 1.30. The van der Waals surface area contributed by atoms with E-state index in [1.54, 1.807) is 0 Å². The van der Waals surface area contributed by atoms with Crippen LogP contribution in [0, 0.1) is 0 Å². The Morgan fingerprint density at radius 2 is 1.62 bits per heavy atom. The number of hydrogen-bond donors (Lipinski definition) is 0. The van der Waals surface area contributed by atoms with Crippen LogP contribution in [0.4, 0.5) is 0 Å². The molecule has 32 heavy (non-hydrogen) atoms. The normalized spacial score (nSPS) is 11.0. The van der Waals surface area contributed by atoms with Gasteiger partial charge in [-0.05, 0) is 24.3 Å². The fraction of sp³-hybridized carbons (Fsp3) is 0.0833. The molecule has 0 unspecified atom stereocenters. The third-order valence-corrected chi connectivity index (χ3v) is 6.61. The number of fused-ring (bicyclic) bond motifs is 1. The summed E-state index contributed by atoms with van der Waals surface area (Å²) in [5.41, 5.74) is 2.80. The molecule has 2 aromatic heterocycles. The summed E-state index contributed by atoms with van der Waals surface area (Å²) in [5, 5.41) is 10.1. The Labute approximate surface area is 192 Å². The number of carbonyl (C=O) groups is 1. The third-order valence-electron chi connectivity index (χ3n) is 4.69. The Morgan fingerprint density at radius 1 is 0.906 bits per heavy atom. The van der Waals surface area contributed by atoms with Gasteiger partial charge in [0.25, 0.3) is 0 Å². The topological polar surface area (TPSA) is 69.9 Å². The number of aromatic nitrogens is 4. The molecule has 0 aliphatic carbocycles. The lowest BCUT2D eigenvalue weighted by atomic mass is 10.2. The van der Waals surface area contributed by atoms with E-state index in [1.165, 1.54) is 23.1 Å². The summed E-state index contributed by atoms with van der Waals surface area (Å²) >= 11 is 2.84. The van der Waals surface area contributed by atoms with Crippen molar-refractivity contribution in [3.63, 3.8) is 0 Å². The van der Waals surface area contributed by atoms with Crippen molar-refractivity contribution in [2.75, 3.05) is 5.75 Å². The number of rotatable bonds is 7. The molecular formula is C24H18N4O2S2. The van der Waals surface area contributed by atoms with Crippen LogP contribution in [0.25, 0.3) is 27.3 Å². The van der Waals surface area contributed by atoms with Gasteiger partial charge in [-0.1, -0.05) is 72.4 Å². The summed E-state index contributed by atoms with van der Waals surface area (Å²) in [5.74, 6) is 0.533. The van der Waals surface area contributed by atoms with Crippen molar-refractivity contribution in [3.05, 3.63) is 89.9 Å². The van der Waals surface area contributed by atoms with Crippen LogP contribution in [-0.2, 0) is 16.1 Å². The largest absolute Gasteiger partial charge is 0.458 e. The minimum absolute atomic E-state index is 0.130. The lowest BCUT2D eigenvalue weighted by Crippen LogP contribution is -2.08. The molecule has 0 radical (unpaired) electrons. The van der Waals surface area contributed by atoms with Gasteiger partial charge in [0.15, 0.2) is 11.0 Å². The number of esters is 1. The number of nitrogens with zero attached hydrogens (tertiary/aromatic N) is 4. The van der Waals surface area contributed by atoms with Crippen LogP contribution in [0.5, 0.6) is 0 Å². The molecule has 0 N–H and O–H groups in total. The van der Waals surface area contributed by atoms with E-state index in [0.29, 0.717) is 5.16 Å². The average Bonchev–Trinajstić information content (AvgIpc) is 3.46. The van der Waals surface area contributed by atoms with Gasteiger partial charge >= 0.3 is 5.97 Å². The standard InChI is InChI=1S/C24H18N4O2S2/c29-22(30-15-21-25-19-13-7-8-14-20(19)32-21)16-31-24-27-26-23(17-9-3-1-4-10-17)28(24)18-11-5-2-6-12-18/h1-14H,15-16H2. The van der Waals surface area contributed by atoms with Crippen molar-refractivity contribution >= 4 is 39.3 Å². The maximum absolute atomic E-state index is 12.4. The second-order valence-corrected chi connectivity index (χ2v) is 8.93. The zero-order chi connectivity index (χ0) is 21.8. The molecule has 6 nitrogen and oxygen atoms in total. The molecule has 0 saturated carbocycles. The first kappa shape index (κ1) is 20.4. The Bertz CT molecular complexity index is 1320. The number of ether oxygens (including phenoxy) is 1. The van der Waals surface area contributed by atoms with Gasteiger partial charge in [0.2, 0.25) is 0 Å². The highest BCUT2D eigenvalue weighted by molar-refractivity contribution is 7.99. The highest BCUT2D eigenvalue weighted by atomic mass is 32.2. The maximum Gasteiger partial charge on any atom is 0.316 e. The van der Waals surface area contributed by atoms with E-state index < -0.39 is 0 Å². The molecule has 0 amide bonds. The van der Waals surface area contributed by atoms with Crippen LogP contribution in [0.1, 0.15) is 5.01 Å². The van der Waals surface area contributed by atoms with E-state index in [0.717, 1.165) is 32.3 Å². The number of thiazole rings is 1. The molecule has 0 bridgehead atoms. The molecule has 0 spiro atoms. The van der Waals surface area contributed by atoms with E-state index in [4.69, 9.17) is 4.74 Å².